The number of aromatic nitrogens is 3. The molecule has 2 aromatic carbocycles. The number of carbonyl (C=O) groups is 1. The van der Waals surface area contributed by atoms with Crippen molar-refractivity contribution in [3.8, 4) is 28.5 Å². The third-order valence-corrected chi connectivity index (χ3v) is 8.27. The highest BCUT2D eigenvalue weighted by Gasteiger charge is 2.44. The SMILES string of the molecule is COCCOc1cc2[nH]nc(-c3cc(-c4ccc(C(=O)N5CC6CN(C7COC7)CC6C5)cc4)no3)c2cc1F. The molecule has 10 nitrogen and oxygen atoms in total. The Hall–Kier alpha value is -3.80. The summed E-state index contributed by atoms with van der Waals surface area (Å²) in [5.41, 5.74) is 3.13. The maximum absolute atomic E-state index is 14.6. The molecule has 3 aliphatic rings. The van der Waals surface area contributed by atoms with Crippen molar-refractivity contribution in [2.24, 2.45) is 11.8 Å². The number of rotatable bonds is 8. The number of aromatic amines is 1. The lowest BCUT2D eigenvalue weighted by atomic mass is 10.0. The van der Waals surface area contributed by atoms with Crippen LogP contribution in [0.25, 0.3) is 33.6 Å². The van der Waals surface area contributed by atoms with Gasteiger partial charge >= 0.3 is 0 Å². The summed E-state index contributed by atoms with van der Waals surface area (Å²) >= 11 is 0. The van der Waals surface area contributed by atoms with Gasteiger partial charge in [0.25, 0.3) is 5.91 Å². The van der Waals surface area contributed by atoms with Crippen LogP contribution in [0.2, 0.25) is 0 Å². The molecule has 2 atom stereocenters. The molecule has 5 heterocycles. The standard InChI is InChI=1S/C29H30FN5O5/c1-37-6-7-39-26-10-25-22(8-23(26)30)28(32-31-25)27-9-24(33-40-27)17-2-4-18(5-3-17)29(36)35-13-19-11-34(12-20(19)14-35)21-15-38-16-21/h2-5,8-10,19-21H,6-7,11-16H2,1H3,(H,31,32). The summed E-state index contributed by atoms with van der Waals surface area (Å²) in [6, 6.07) is 12.7. The zero-order chi connectivity index (χ0) is 27.2. The van der Waals surface area contributed by atoms with Crippen LogP contribution in [0.3, 0.4) is 0 Å². The molecule has 3 aliphatic heterocycles. The molecule has 1 amide bonds. The minimum absolute atomic E-state index is 0.0657. The molecule has 2 unspecified atom stereocenters. The maximum atomic E-state index is 14.6. The van der Waals surface area contributed by atoms with E-state index < -0.39 is 5.82 Å². The minimum atomic E-state index is -0.502. The molecule has 11 heteroatoms. The van der Waals surface area contributed by atoms with Crippen molar-refractivity contribution in [3.05, 3.63) is 53.8 Å². The number of methoxy groups -OCH3 is 1. The highest BCUT2D eigenvalue weighted by atomic mass is 19.1. The molecule has 0 saturated carbocycles. The van der Waals surface area contributed by atoms with Crippen molar-refractivity contribution in [2.75, 3.05) is 59.7 Å². The Morgan fingerprint density at radius 2 is 1.85 bits per heavy atom. The monoisotopic (exact) mass is 547 g/mol. The van der Waals surface area contributed by atoms with E-state index >= 15 is 0 Å². The van der Waals surface area contributed by atoms with Crippen LogP contribution in [0.5, 0.6) is 5.75 Å². The van der Waals surface area contributed by atoms with E-state index in [2.05, 4.69) is 20.3 Å². The second-order valence-corrected chi connectivity index (χ2v) is 10.8. The lowest BCUT2D eigenvalue weighted by Gasteiger charge is -2.35. The summed E-state index contributed by atoms with van der Waals surface area (Å²) in [6.45, 7) is 5.99. The molecular formula is C29H30FN5O5. The predicted octanol–water partition coefficient (Wildman–Crippen LogP) is 3.45. The van der Waals surface area contributed by atoms with E-state index in [1.807, 2.05) is 29.2 Å². The first-order valence-electron chi connectivity index (χ1n) is 13.6. The number of nitrogens with one attached hydrogen (secondary N) is 1. The van der Waals surface area contributed by atoms with Crippen LogP contribution >= 0.6 is 0 Å². The van der Waals surface area contributed by atoms with Crippen LogP contribution in [-0.2, 0) is 9.47 Å². The average Bonchev–Trinajstić information content (AvgIpc) is 3.71. The highest BCUT2D eigenvalue weighted by Crippen LogP contribution is 2.35. The summed E-state index contributed by atoms with van der Waals surface area (Å²) < 4.78 is 36.0. The van der Waals surface area contributed by atoms with Gasteiger partial charge in [-0.25, -0.2) is 4.39 Å². The number of hydrogen-bond acceptors (Lipinski definition) is 8. The molecule has 3 saturated heterocycles. The first-order chi connectivity index (χ1) is 19.6. The molecule has 0 spiro atoms. The van der Waals surface area contributed by atoms with Crippen molar-refractivity contribution >= 4 is 16.8 Å². The molecule has 2 aromatic heterocycles. The minimum Gasteiger partial charge on any atom is -0.488 e. The largest absolute Gasteiger partial charge is 0.488 e. The predicted molar refractivity (Wildman–Crippen MR) is 143 cm³/mol. The Morgan fingerprint density at radius 3 is 2.55 bits per heavy atom. The van der Waals surface area contributed by atoms with Gasteiger partial charge in [-0.1, -0.05) is 17.3 Å². The average molecular weight is 548 g/mol. The fourth-order valence-corrected chi connectivity index (χ4v) is 5.97. The van der Waals surface area contributed by atoms with Gasteiger partial charge in [-0.2, -0.15) is 5.10 Å². The second-order valence-electron chi connectivity index (χ2n) is 10.8. The van der Waals surface area contributed by atoms with Crippen molar-refractivity contribution in [2.45, 2.75) is 6.04 Å². The molecule has 40 heavy (non-hydrogen) atoms. The van der Waals surface area contributed by atoms with Gasteiger partial charge in [-0.15, -0.1) is 0 Å². The number of benzene rings is 2. The topological polar surface area (TPSA) is 106 Å². The summed E-state index contributed by atoms with van der Waals surface area (Å²) in [5.74, 6) is 1.17. The number of H-pyrrole nitrogens is 1. The van der Waals surface area contributed by atoms with Crippen LogP contribution in [0, 0.1) is 17.7 Å². The summed E-state index contributed by atoms with van der Waals surface area (Å²) in [7, 11) is 1.56. The van der Waals surface area contributed by atoms with E-state index in [1.165, 1.54) is 6.07 Å². The molecule has 3 fully saturated rings. The Balaban J connectivity index is 1.02. The van der Waals surface area contributed by atoms with Gasteiger partial charge in [0.05, 0.1) is 31.4 Å². The second kappa shape index (κ2) is 10.3. The van der Waals surface area contributed by atoms with E-state index in [9.17, 15) is 9.18 Å². The lowest BCUT2D eigenvalue weighted by molar-refractivity contribution is -0.0598. The molecule has 208 valence electrons. The Bertz CT molecular complexity index is 1520. The quantitative estimate of drug-likeness (QED) is 0.335. The van der Waals surface area contributed by atoms with Gasteiger partial charge in [0.2, 0.25) is 0 Å². The first kappa shape index (κ1) is 25.2. The summed E-state index contributed by atoms with van der Waals surface area (Å²) in [4.78, 5) is 17.7. The van der Waals surface area contributed by atoms with Crippen molar-refractivity contribution < 1.29 is 27.9 Å². The Morgan fingerprint density at radius 1 is 1.07 bits per heavy atom. The van der Waals surface area contributed by atoms with Crippen LogP contribution in [0.1, 0.15) is 10.4 Å². The molecule has 0 radical (unpaired) electrons. The van der Waals surface area contributed by atoms with Gasteiger partial charge in [0.1, 0.15) is 18.0 Å². The molecule has 4 aromatic rings. The zero-order valence-electron chi connectivity index (χ0n) is 22.1. The van der Waals surface area contributed by atoms with Crippen molar-refractivity contribution in [3.63, 3.8) is 0 Å². The zero-order valence-corrected chi connectivity index (χ0v) is 22.1. The van der Waals surface area contributed by atoms with Gasteiger partial charge in [0.15, 0.2) is 17.3 Å². The molecule has 0 aliphatic carbocycles. The summed E-state index contributed by atoms with van der Waals surface area (Å²) in [6.07, 6.45) is 0. The Kier molecular flexibility index (Phi) is 6.49. The van der Waals surface area contributed by atoms with E-state index in [1.54, 1.807) is 19.2 Å². The number of hydrogen-bond donors (Lipinski definition) is 1. The third-order valence-electron chi connectivity index (χ3n) is 8.27. The smallest absolute Gasteiger partial charge is 0.253 e. The summed E-state index contributed by atoms with van der Waals surface area (Å²) in [5, 5.41) is 12.0. The number of halogens is 1. The van der Waals surface area contributed by atoms with Gasteiger partial charge in [0, 0.05) is 61.9 Å². The first-order valence-corrected chi connectivity index (χ1v) is 13.6. The van der Waals surface area contributed by atoms with E-state index in [4.69, 9.17) is 18.7 Å². The van der Waals surface area contributed by atoms with Gasteiger partial charge < -0.3 is 23.6 Å². The normalized spacial score (nSPS) is 21.2. The number of ether oxygens (including phenoxy) is 3. The molecule has 7 rings (SSSR count). The Labute approximate surface area is 230 Å². The van der Waals surface area contributed by atoms with Crippen LogP contribution < -0.4 is 4.74 Å². The molecular weight excluding hydrogens is 517 g/mol. The number of nitrogens with zero attached hydrogens (tertiary/aromatic N) is 4. The third kappa shape index (κ3) is 4.53. The van der Waals surface area contributed by atoms with Gasteiger partial charge in [-0.05, 0) is 30.0 Å². The lowest BCUT2D eigenvalue weighted by Crippen LogP contribution is -2.49. The van der Waals surface area contributed by atoms with Crippen LogP contribution in [0.4, 0.5) is 4.39 Å². The van der Waals surface area contributed by atoms with E-state index in [-0.39, 0.29) is 18.3 Å². The molecule has 1 N–H and O–H groups in total. The fourth-order valence-electron chi connectivity index (χ4n) is 5.97. The van der Waals surface area contributed by atoms with Crippen molar-refractivity contribution in [1.82, 2.24) is 25.2 Å². The molecule has 0 bridgehead atoms. The number of fused-ring (bicyclic) bond motifs is 2. The number of amides is 1. The fraction of sp³-hybridized carbons (Fsp3) is 0.414. The van der Waals surface area contributed by atoms with Crippen LogP contribution in [0.15, 0.2) is 47.0 Å². The number of carbonyl (C=O) groups excluding carboxylic acids is 1. The van der Waals surface area contributed by atoms with Gasteiger partial charge in [-0.3, -0.25) is 14.8 Å². The van der Waals surface area contributed by atoms with Crippen LogP contribution in [-0.4, -0.2) is 96.8 Å². The van der Waals surface area contributed by atoms with E-state index in [0.29, 0.717) is 58.1 Å². The highest BCUT2D eigenvalue weighted by molar-refractivity contribution is 5.95. The maximum Gasteiger partial charge on any atom is 0.253 e. The van der Waals surface area contributed by atoms with E-state index in [0.717, 1.165) is 45.0 Å². The van der Waals surface area contributed by atoms with Crippen molar-refractivity contribution in [1.29, 1.82) is 0 Å². The number of likely N-dealkylation sites (tertiary alicyclic amines) is 2.